The van der Waals surface area contributed by atoms with Crippen LogP contribution in [0.15, 0.2) is 77.5 Å². The summed E-state index contributed by atoms with van der Waals surface area (Å²) in [6.07, 6.45) is 2.59. The van der Waals surface area contributed by atoms with E-state index in [0.717, 1.165) is 18.3 Å². The lowest BCUT2D eigenvalue weighted by Crippen LogP contribution is -2.32. The molecule has 11 heteroatoms. The first kappa shape index (κ1) is 25.4. The molecule has 0 heterocycles. The van der Waals surface area contributed by atoms with Crippen LogP contribution in [0.1, 0.15) is 21.5 Å². The van der Waals surface area contributed by atoms with Gasteiger partial charge in [-0.3, -0.25) is 19.7 Å². The minimum absolute atomic E-state index is 0.120. The van der Waals surface area contributed by atoms with E-state index in [9.17, 15) is 24.8 Å². The molecule has 0 aliphatic rings. The lowest BCUT2D eigenvalue weighted by molar-refractivity contribution is -0.385. The van der Waals surface area contributed by atoms with Crippen LogP contribution in [0.25, 0.3) is 6.08 Å². The number of ether oxygens (including phenoxy) is 2. The van der Waals surface area contributed by atoms with Crippen molar-refractivity contribution in [2.75, 3.05) is 14.2 Å². The van der Waals surface area contributed by atoms with Gasteiger partial charge in [0.2, 0.25) is 0 Å². The fraction of sp³-hybridized carbons (Fsp3) is 0.0800. The van der Waals surface area contributed by atoms with Crippen molar-refractivity contribution >= 4 is 29.8 Å². The number of rotatable bonds is 9. The van der Waals surface area contributed by atoms with E-state index in [1.54, 1.807) is 48.5 Å². The van der Waals surface area contributed by atoms with Crippen LogP contribution in [0.5, 0.6) is 17.2 Å². The lowest BCUT2D eigenvalue weighted by Gasteiger charge is -2.11. The number of phenolic OH excluding ortho intramolecular Hbond substituents is 1. The van der Waals surface area contributed by atoms with Crippen molar-refractivity contribution in [1.82, 2.24) is 10.7 Å². The average molecular weight is 490 g/mol. The Kier molecular flexibility index (Phi) is 8.33. The predicted octanol–water partition coefficient (Wildman–Crippen LogP) is 3.24. The van der Waals surface area contributed by atoms with Gasteiger partial charge in [0.15, 0.2) is 17.2 Å². The summed E-state index contributed by atoms with van der Waals surface area (Å²) in [7, 11) is 2.96. The lowest BCUT2D eigenvalue weighted by atomic mass is 10.1. The minimum Gasteiger partial charge on any atom is -0.502 e. The molecule has 2 amide bonds. The Morgan fingerprint density at radius 3 is 2.33 bits per heavy atom. The Morgan fingerprint density at radius 1 is 0.972 bits per heavy atom. The van der Waals surface area contributed by atoms with Gasteiger partial charge in [0.05, 0.1) is 25.4 Å². The largest absolute Gasteiger partial charge is 0.502 e. The fourth-order valence-corrected chi connectivity index (χ4v) is 3.04. The average Bonchev–Trinajstić information content (AvgIpc) is 2.89. The second kappa shape index (κ2) is 11.8. The summed E-state index contributed by atoms with van der Waals surface area (Å²) in [5.41, 5.74) is 2.79. The van der Waals surface area contributed by atoms with Crippen LogP contribution in [0.3, 0.4) is 0 Å². The van der Waals surface area contributed by atoms with Gasteiger partial charge in [-0.15, -0.1) is 0 Å². The molecule has 0 bridgehead atoms. The third-order valence-electron chi connectivity index (χ3n) is 4.82. The van der Waals surface area contributed by atoms with Gasteiger partial charge in [0.25, 0.3) is 11.8 Å². The SMILES string of the molecule is COc1ccc(/C=C(/NC(=O)c2ccccc2)C(=O)N/N=C\c2ccc(O)c([N+](=O)[O-])c2)cc1OC. The van der Waals surface area contributed by atoms with Crippen molar-refractivity contribution in [3.8, 4) is 17.2 Å². The first-order chi connectivity index (χ1) is 17.3. The number of hydrazone groups is 1. The number of methoxy groups -OCH3 is 2. The van der Waals surface area contributed by atoms with Crippen LogP contribution < -0.4 is 20.2 Å². The number of amides is 2. The molecule has 0 aliphatic carbocycles. The third kappa shape index (κ3) is 6.44. The highest BCUT2D eigenvalue weighted by Crippen LogP contribution is 2.28. The zero-order chi connectivity index (χ0) is 26.1. The Bertz CT molecular complexity index is 1340. The molecule has 0 aromatic heterocycles. The molecule has 0 unspecified atom stereocenters. The van der Waals surface area contributed by atoms with Crippen molar-refractivity contribution in [2.24, 2.45) is 5.10 Å². The van der Waals surface area contributed by atoms with Crippen LogP contribution in [-0.2, 0) is 4.79 Å². The second-order valence-electron chi connectivity index (χ2n) is 7.20. The number of nitro benzene ring substituents is 1. The Balaban J connectivity index is 1.87. The molecule has 3 N–H and O–H groups in total. The van der Waals surface area contributed by atoms with Crippen molar-refractivity contribution in [1.29, 1.82) is 0 Å². The smallest absolute Gasteiger partial charge is 0.311 e. The van der Waals surface area contributed by atoms with E-state index in [1.807, 2.05) is 0 Å². The summed E-state index contributed by atoms with van der Waals surface area (Å²) in [5.74, 6) is -0.854. The zero-order valence-electron chi connectivity index (χ0n) is 19.3. The maximum atomic E-state index is 12.9. The minimum atomic E-state index is -0.751. The Hall–Kier alpha value is -5.19. The molecule has 3 rings (SSSR count). The number of nitrogens with one attached hydrogen (secondary N) is 2. The normalized spacial score (nSPS) is 11.1. The summed E-state index contributed by atoms with van der Waals surface area (Å²) in [6.45, 7) is 0. The van der Waals surface area contributed by atoms with E-state index in [0.29, 0.717) is 22.6 Å². The van der Waals surface area contributed by atoms with Crippen LogP contribution in [0.4, 0.5) is 5.69 Å². The highest BCUT2D eigenvalue weighted by Gasteiger charge is 2.16. The van der Waals surface area contributed by atoms with Crippen molar-refractivity contribution in [3.63, 3.8) is 0 Å². The maximum Gasteiger partial charge on any atom is 0.311 e. The van der Waals surface area contributed by atoms with E-state index in [4.69, 9.17) is 9.47 Å². The Morgan fingerprint density at radius 2 is 1.67 bits per heavy atom. The van der Waals surface area contributed by atoms with Gasteiger partial charge in [-0.1, -0.05) is 24.3 Å². The van der Waals surface area contributed by atoms with Gasteiger partial charge >= 0.3 is 5.69 Å². The van der Waals surface area contributed by atoms with Gasteiger partial charge < -0.3 is 19.9 Å². The number of hydrogen-bond acceptors (Lipinski definition) is 8. The first-order valence-electron chi connectivity index (χ1n) is 10.4. The number of carbonyl (C=O) groups excluding carboxylic acids is 2. The number of nitro groups is 1. The van der Waals surface area contributed by atoms with E-state index < -0.39 is 28.2 Å². The van der Waals surface area contributed by atoms with E-state index >= 15 is 0 Å². The van der Waals surface area contributed by atoms with Gasteiger partial charge in [0.1, 0.15) is 5.70 Å². The number of hydrogen-bond donors (Lipinski definition) is 3. The third-order valence-corrected chi connectivity index (χ3v) is 4.82. The van der Waals surface area contributed by atoms with E-state index in [-0.39, 0.29) is 11.3 Å². The van der Waals surface area contributed by atoms with Crippen molar-refractivity contribution in [3.05, 3.63) is 99.2 Å². The van der Waals surface area contributed by atoms with Gasteiger partial charge in [-0.2, -0.15) is 5.10 Å². The first-order valence-corrected chi connectivity index (χ1v) is 10.4. The molecule has 36 heavy (non-hydrogen) atoms. The van der Waals surface area contributed by atoms with Crippen LogP contribution >= 0.6 is 0 Å². The number of carbonyl (C=O) groups is 2. The molecule has 3 aromatic rings. The summed E-state index contributed by atoms with van der Waals surface area (Å²) >= 11 is 0. The zero-order valence-corrected chi connectivity index (χ0v) is 19.3. The van der Waals surface area contributed by atoms with E-state index in [1.165, 1.54) is 26.4 Å². The molecule has 0 saturated heterocycles. The van der Waals surface area contributed by atoms with Gasteiger partial charge in [-0.05, 0) is 48.0 Å². The molecular weight excluding hydrogens is 468 g/mol. The van der Waals surface area contributed by atoms with Gasteiger partial charge in [0, 0.05) is 17.2 Å². The van der Waals surface area contributed by atoms with Crippen LogP contribution in [-0.4, -0.2) is 42.3 Å². The molecule has 0 saturated carbocycles. The quantitative estimate of drug-likeness (QED) is 0.180. The number of phenols is 1. The molecule has 0 fully saturated rings. The van der Waals surface area contributed by atoms with Crippen LogP contribution in [0, 0.1) is 10.1 Å². The molecule has 0 atom stereocenters. The van der Waals surface area contributed by atoms with Gasteiger partial charge in [-0.25, -0.2) is 5.43 Å². The molecule has 0 spiro atoms. The van der Waals surface area contributed by atoms with Crippen molar-refractivity contribution < 1.29 is 29.1 Å². The molecule has 0 radical (unpaired) electrons. The molecule has 0 aliphatic heterocycles. The maximum absolute atomic E-state index is 12.9. The second-order valence-corrected chi connectivity index (χ2v) is 7.20. The summed E-state index contributed by atoms with van der Waals surface area (Å²) in [6, 6.07) is 16.9. The summed E-state index contributed by atoms with van der Waals surface area (Å²) in [5, 5.41) is 26.9. The highest BCUT2D eigenvalue weighted by molar-refractivity contribution is 6.05. The topological polar surface area (TPSA) is 152 Å². The molecule has 184 valence electrons. The number of benzene rings is 3. The molecule has 11 nitrogen and oxygen atoms in total. The van der Waals surface area contributed by atoms with Crippen LogP contribution in [0.2, 0.25) is 0 Å². The number of nitrogens with zero attached hydrogens (tertiary/aromatic N) is 2. The Labute approximate surface area is 205 Å². The standard InChI is InChI=1S/C25H22N4O7/c1-35-22-11-9-16(14-23(22)36-2)12-19(27-24(31)18-6-4-3-5-7-18)25(32)28-26-15-17-8-10-21(30)20(13-17)29(33)34/h3-15,30H,1-2H3,(H,27,31)(H,28,32)/b19-12+,26-15-. The predicted molar refractivity (Wildman–Crippen MR) is 132 cm³/mol. The summed E-state index contributed by atoms with van der Waals surface area (Å²) in [4.78, 5) is 35.8. The molecule has 3 aromatic carbocycles. The molecular formula is C25H22N4O7. The van der Waals surface area contributed by atoms with E-state index in [2.05, 4.69) is 15.8 Å². The summed E-state index contributed by atoms with van der Waals surface area (Å²) < 4.78 is 10.5. The number of aromatic hydroxyl groups is 1. The highest BCUT2D eigenvalue weighted by atomic mass is 16.6. The fourth-order valence-electron chi connectivity index (χ4n) is 3.04. The van der Waals surface area contributed by atoms with Crippen molar-refractivity contribution in [2.45, 2.75) is 0 Å². The monoisotopic (exact) mass is 490 g/mol.